The number of carbonyl (C=O) groups excluding carboxylic acids is 2. The second-order valence-electron chi connectivity index (χ2n) is 5.74. The number of hydrogen-bond donors (Lipinski definition) is 2. The second-order valence-corrected chi connectivity index (χ2v) is 5.74. The fourth-order valence-corrected chi connectivity index (χ4v) is 2.68. The summed E-state index contributed by atoms with van der Waals surface area (Å²) >= 11 is 0. The summed E-state index contributed by atoms with van der Waals surface area (Å²) in [7, 11) is 1.30. The number of aromatic amines is 1. The highest BCUT2D eigenvalue weighted by Gasteiger charge is 2.22. The first-order chi connectivity index (χ1) is 13.0. The van der Waals surface area contributed by atoms with Crippen LogP contribution in [0.1, 0.15) is 32.1 Å². The molecule has 0 saturated heterocycles. The summed E-state index contributed by atoms with van der Waals surface area (Å²) < 4.78 is 10.4. The summed E-state index contributed by atoms with van der Waals surface area (Å²) in [5, 5.41) is 2.78. The molecule has 1 amide bonds. The number of aryl methyl sites for hydroxylation is 1. The van der Waals surface area contributed by atoms with E-state index in [2.05, 4.69) is 20.3 Å². The van der Waals surface area contributed by atoms with Gasteiger partial charge in [0.1, 0.15) is 11.4 Å². The third kappa shape index (κ3) is 3.95. The lowest BCUT2D eigenvalue weighted by atomic mass is 10.1. The number of ether oxygens (including phenoxy) is 2. The molecule has 0 aliphatic rings. The smallest absolute Gasteiger partial charge is 0.339 e. The number of aromatic nitrogens is 3. The number of anilines is 1. The highest BCUT2D eigenvalue weighted by Crippen LogP contribution is 2.24. The van der Waals surface area contributed by atoms with Crippen molar-refractivity contribution in [2.45, 2.75) is 13.8 Å². The van der Waals surface area contributed by atoms with E-state index in [9.17, 15) is 9.59 Å². The molecule has 0 unspecified atom stereocenters. The maximum absolute atomic E-state index is 12.6. The third-order valence-corrected chi connectivity index (χ3v) is 3.91. The molecule has 0 spiro atoms. The Morgan fingerprint density at radius 2 is 2.00 bits per heavy atom. The lowest BCUT2D eigenvalue weighted by Gasteiger charge is -2.08. The van der Waals surface area contributed by atoms with Gasteiger partial charge in [-0.1, -0.05) is 6.07 Å². The van der Waals surface area contributed by atoms with Crippen LogP contribution in [0.2, 0.25) is 0 Å². The molecule has 0 aliphatic heterocycles. The summed E-state index contributed by atoms with van der Waals surface area (Å²) in [5.74, 6) is -0.00968. The molecule has 138 valence electrons. The first kappa shape index (κ1) is 18.1. The fraction of sp³-hybridized carbons (Fsp3) is 0.158. The molecule has 0 bridgehead atoms. The van der Waals surface area contributed by atoms with E-state index in [1.807, 2.05) is 0 Å². The summed E-state index contributed by atoms with van der Waals surface area (Å²) in [6.07, 6.45) is 4.56. The lowest BCUT2D eigenvalue weighted by molar-refractivity contribution is 0.0599. The van der Waals surface area contributed by atoms with E-state index >= 15 is 0 Å². The van der Waals surface area contributed by atoms with Crippen LogP contribution in [0.25, 0.3) is 0 Å². The van der Waals surface area contributed by atoms with Crippen LogP contribution in [0, 0.1) is 13.8 Å². The highest BCUT2D eigenvalue weighted by atomic mass is 16.5. The molecule has 3 aromatic rings. The van der Waals surface area contributed by atoms with Gasteiger partial charge in [-0.25, -0.2) is 9.78 Å². The van der Waals surface area contributed by atoms with Crippen LogP contribution >= 0.6 is 0 Å². The Balaban J connectivity index is 1.79. The molecule has 8 nitrogen and oxygen atoms in total. The maximum atomic E-state index is 12.6. The molecule has 2 N–H and O–H groups in total. The molecule has 3 rings (SSSR count). The number of rotatable bonds is 5. The Morgan fingerprint density at radius 3 is 2.70 bits per heavy atom. The minimum absolute atomic E-state index is 0.299. The lowest BCUT2D eigenvalue weighted by Crippen LogP contribution is -2.14. The molecule has 8 heteroatoms. The number of benzene rings is 1. The van der Waals surface area contributed by atoms with Crippen LogP contribution in [0.3, 0.4) is 0 Å². The van der Waals surface area contributed by atoms with Crippen LogP contribution in [-0.4, -0.2) is 33.9 Å². The molecule has 0 atom stereocenters. The van der Waals surface area contributed by atoms with E-state index in [4.69, 9.17) is 9.47 Å². The van der Waals surface area contributed by atoms with Crippen molar-refractivity contribution >= 4 is 17.6 Å². The van der Waals surface area contributed by atoms with Crippen molar-refractivity contribution in [2.24, 2.45) is 0 Å². The Kier molecular flexibility index (Phi) is 5.16. The van der Waals surface area contributed by atoms with Gasteiger partial charge >= 0.3 is 5.97 Å². The van der Waals surface area contributed by atoms with E-state index in [0.717, 1.165) is 0 Å². The van der Waals surface area contributed by atoms with Gasteiger partial charge in [0.05, 0.1) is 18.9 Å². The van der Waals surface area contributed by atoms with Crippen LogP contribution in [0.4, 0.5) is 5.69 Å². The van der Waals surface area contributed by atoms with Gasteiger partial charge < -0.3 is 19.8 Å². The van der Waals surface area contributed by atoms with Crippen LogP contribution < -0.4 is 10.1 Å². The topological polar surface area (TPSA) is 106 Å². The van der Waals surface area contributed by atoms with E-state index in [0.29, 0.717) is 39.8 Å². The number of esters is 1. The van der Waals surface area contributed by atoms with Gasteiger partial charge in [-0.3, -0.25) is 9.78 Å². The number of H-pyrrole nitrogens is 1. The number of carbonyl (C=O) groups is 2. The molecule has 1 aromatic carbocycles. The number of amides is 1. The van der Waals surface area contributed by atoms with Gasteiger partial charge in [0.25, 0.3) is 5.91 Å². The van der Waals surface area contributed by atoms with Crippen molar-refractivity contribution in [1.82, 2.24) is 15.0 Å². The van der Waals surface area contributed by atoms with Crippen LogP contribution in [-0.2, 0) is 4.74 Å². The van der Waals surface area contributed by atoms with Gasteiger partial charge in [-0.2, -0.15) is 0 Å². The average Bonchev–Trinajstić information content (AvgIpc) is 2.96. The van der Waals surface area contributed by atoms with Crippen molar-refractivity contribution < 1.29 is 19.1 Å². The molecule has 0 saturated carbocycles. The average molecular weight is 366 g/mol. The van der Waals surface area contributed by atoms with E-state index in [1.54, 1.807) is 44.3 Å². The number of nitrogens with zero attached hydrogens (tertiary/aromatic N) is 2. The van der Waals surface area contributed by atoms with E-state index < -0.39 is 5.97 Å². The SMILES string of the molecule is COC(=O)c1c(C)[nH]c(C(=O)Nc2cccc(Oc3cnccn3)c2)c1C. The largest absolute Gasteiger partial charge is 0.465 e. The maximum Gasteiger partial charge on any atom is 0.339 e. The van der Waals surface area contributed by atoms with Crippen LogP contribution in [0.5, 0.6) is 11.6 Å². The molecule has 2 aromatic heterocycles. The van der Waals surface area contributed by atoms with Gasteiger partial charge in [0, 0.05) is 29.8 Å². The summed E-state index contributed by atoms with van der Waals surface area (Å²) in [5.41, 5.74) is 2.30. The van der Waals surface area contributed by atoms with E-state index in [-0.39, 0.29) is 5.91 Å². The molecule has 27 heavy (non-hydrogen) atoms. The van der Waals surface area contributed by atoms with Crippen molar-refractivity contribution in [1.29, 1.82) is 0 Å². The molecular weight excluding hydrogens is 348 g/mol. The fourth-order valence-electron chi connectivity index (χ4n) is 2.68. The van der Waals surface area contributed by atoms with Crippen molar-refractivity contribution in [3.05, 3.63) is 65.4 Å². The zero-order valence-electron chi connectivity index (χ0n) is 15.1. The van der Waals surface area contributed by atoms with E-state index in [1.165, 1.54) is 19.5 Å². The second kappa shape index (κ2) is 7.69. The van der Waals surface area contributed by atoms with Gasteiger partial charge in [-0.05, 0) is 31.5 Å². The quantitative estimate of drug-likeness (QED) is 0.671. The number of methoxy groups -OCH3 is 1. The zero-order chi connectivity index (χ0) is 19.4. The van der Waals surface area contributed by atoms with Gasteiger partial charge in [0.2, 0.25) is 5.88 Å². The molecule has 0 radical (unpaired) electrons. The Hall–Kier alpha value is -3.68. The number of hydrogen-bond acceptors (Lipinski definition) is 6. The monoisotopic (exact) mass is 366 g/mol. The standard InChI is InChI=1S/C19H18N4O4/c1-11-16(19(25)26-3)12(2)22-17(11)18(24)23-13-5-4-6-14(9-13)27-15-10-20-7-8-21-15/h4-10,22H,1-3H3,(H,23,24). The normalized spacial score (nSPS) is 10.3. The highest BCUT2D eigenvalue weighted by molar-refractivity contribution is 6.06. The molecule has 0 aliphatic carbocycles. The predicted molar refractivity (Wildman–Crippen MR) is 98.1 cm³/mol. The number of nitrogens with one attached hydrogen (secondary N) is 2. The summed E-state index contributed by atoms with van der Waals surface area (Å²) in [6, 6.07) is 6.88. The van der Waals surface area contributed by atoms with Crippen molar-refractivity contribution in [3.8, 4) is 11.6 Å². The van der Waals surface area contributed by atoms with Crippen molar-refractivity contribution in [3.63, 3.8) is 0 Å². The Morgan fingerprint density at radius 1 is 1.19 bits per heavy atom. The summed E-state index contributed by atoms with van der Waals surface area (Å²) in [4.78, 5) is 35.4. The predicted octanol–water partition coefficient (Wildman–Crippen LogP) is 3.25. The van der Waals surface area contributed by atoms with Gasteiger partial charge in [-0.15, -0.1) is 0 Å². The van der Waals surface area contributed by atoms with Crippen LogP contribution in [0.15, 0.2) is 42.9 Å². The van der Waals surface area contributed by atoms with Crippen molar-refractivity contribution in [2.75, 3.05) is 12.4 Å². The van der Waals surface area contributed by atoms with Gasteiger partial charge in [0.15, 0.2) is 0 Å². The third-order valence-electron chi connectivity index (χ3n) is 3.91. The minimum atomic E-state index is -0.486. The molecular formula is C19H18N4O4. The minimum Gasteiger partial charge on any atom is -0.465 e. The zero-order valence-corrected chi connectivity index (χ0v) is 15.1. The first-order valence-electron chi connectivity index (χ1n) is 8.12. The molecule has 2 heterocycles. The first-order valence-corrected chi connectivity index (χ1v) is 8.12. The Labute approximate surface area is 155 Å². The summed E-state index contributed by atoms with van der Waals surface area (Å²) in [6.45, 7) is 3.41. The Bertz CT molecular complexity index is 983. The molecule has 0 fully saturated rings.